The van der Waals surface area contributed by atoms with Crippen molar-refractivity contribution in [2.45, 2.75) is 56.9 Å². The highest BCUT2D eigenvalue weighted by molar-refractivity contribution is 7.89. The Morgan fingerprint density at radius 2 is 1.97 bits per heavy atom. The summed E-state index contributed by atoms with van der Waals surface area (Å²) in [5, 5.41) is 12.8. The number of carbonyl (C=O) groups excluding carboxylic acids is 1. The highest BCUT2D eigenvalue weighted by Crippen LogP contribution is 2.19. The summed E-state index contributed by atoms with van der Waals surface area (Å²) in [7, 11) is -3.81. The SMILES string of the molecule is CCCC(CC(=O)OCC)NS(=O)(=O)c1cccc(OCCCCNc2cccc[n+]2O)c1. The molecule has 0 aliphatic carbocycles. The second-order valence-electron chi connectivity index (χ2n) is 7.50. The number of sulfonamides is 1. The smallest absolute Gasteiger partial charge is 0.313 e. The van der Waals surface area contributed by atoms with Crippen molar-refractivity contribution < 1.29 is 32.6 Å². The number of hydrogen-bond donors (Lipinski definition) is 3. The van der Waals surface area contributed by atoms with Crippen molar-refractivity contribution in [1.29, 1.82) is 0 Å². The molecule has 33 heavy (non-hydrogen) atoms. The Hall–Kier alpha value is -2.85. The topological polar surface area (TPSA) is 118 Å². The number of nitrogens with zero attached hydrogens (tertiary/aromatic N) is 1. The van der Waals surface area contributed by atoms with Crippen LogP contribution in [0.2, 0.25) is 0 Å². The number of benzene rings is 1. The maximum absolute atomic E-state index is 12.8. The molecule has 0 bridgehead atoms. The monoisotopic (exact) mass is 480 g/mol. The molecule has 0 saturated carbocycles. The van der Waals surface area contributed by atoms with E-state index in [1.165, 1.54) is 12.1 Å². The Kier molecular flexibility index (Phi) is 10.9. The molecule has 9 nitrogen and oxygen atoms in total. The average molecular weight is 481 g/mol. The molecule has 0 aliphatic heterocycles. The third-order valence-electron chi connectivity index (χ3n) is 4.78. The number of ether oxygens (including phenoxy) is 2. The zero-order valence-corrected chi connectivity index (χ0v) is 20.0. The number of carbonyl (C=O) groups is 1. The predicted octanol–water partition coefficient (Wildman–Crippen LogP) is 2.88. The highest BCUT2D eigenvalue weighted by atomic mass is 32.2. The molecule has 0 radical (unpaired) electrons. The molecule has 1 aromatic heterocycles. The number of pyridine rings is 1. The first-order chi connectivity index (χ1) is 15.9. The van der Waals surface area contributed by atoms with Gasteiger partial charge in [-0.3, -0.25) is 10.1 Å². The molecule has 1 unspecified atom stereocenters. The van der Waals surface area contributed by atoms with Crippen molar-refractivity contribution in [3.63, 3.8) is 0 Å². The zero-order chi connectivity index (χ0) is 24.1. The molecule has 0 aliphatic rings. The molecule has 10 heteroatoms. The van der Waals surface area contributed by atoms with Gasteiger partial charge in [0.2, 0.25) is 10.0 Å². The second kappa shape index (κ2) is 13.6. The molecule has 0 spiro atoms. The summed E-state index contributed by atoms with van der Waals surface area (Å²) in [5.74, 6) is 0.638. The van der Waals surface area contributed by atoms with E-state index in [0.29, 0.717) is 31.1 Å². The first-order valence-electron chi connectivity index (χ1n) is 11.2. The van der Waals surface area contributed by atoms with Gasteiger partial charge in [0.05, 0.1) is 31.1 Å². The number of anilines is 1. The van der Waals surface area contributed by atoms with Crippen LogP contribution in [0.1, 0.15) is 46.0 Å². The quantitative estimate of drug-likeness (QED) is 0.155. The lowest BCUT2D eigenvalue weighted by molar-refractivity contribution is -0.893. The van der Waals surface area contributed by atoms with E-state index in [9.17, 15) is 18.4 Å². The average Bonchev–Trinajstić information content (AvgIpc) is 2.77. The van der Waals surface area contributed by atoms with Crippen LogP contribution < -0.4 is 19.5 Å². The summed E-state index contributed by atoms with van der Waals surface area (Å²) in [5.41, 5.74) is 0. The fraction of sp³-hybridized carbons (Fsp3) is 0.478. The largest absolute Gasteiger partial charge is 0.494 e. The summed E-state index contributed by atoms with van der Waals surface area (Å²) in [6, 6.07) is 11.1. The molecule has 3 N–H and O–H groups in total. The van der Waals surface area contributed by atoms with Crippen molar-refractivity contribution >= 4 is 21.8 Å². The Balaban J connectivity index is 1.85. The van der Waals surface area contributed by atoms with Crippen LogP contribution in [0.15, 0.2) is 53.6 Å². The van der Waals surface area contributed by atoms with Crippen molar-refractivity contribution in [3.8, 4) is 5.75 Å². The normalized spacial score (nSPS) is 12.2. The van der Waals surface area contributed by atoms with Crippen LogP contribution in [-0.2, 0) is 19.6 Å². The van der Waals surface area contributed by atoms with Gasteiger partial charge in [0, 0.05) is 18.2 Å². The number of hydrogen-bond acceptors (Lipinski definition) is 7. The molecular weight excluding hydrogens is 446 g/mol. The van der Waals surface area contributed by atoms with Crippen LogP contribution in [0.3, 0.4) is 0 Å². The Morgan fingerprint density at radius 1 is 1.15 bits per heavy atom. The minimum absolute atomic E-state index is 0.00952. The summed E-state index contributed by atoms with van der Waals surface area (Å²) in [6.07, 6.45) is 4.35. The van der Waals surface area contributed by atoms with E-state index in [4.69, 9.17) is 9.47 Å². The summed E-state index contributed by atoms with van der Waals surface area (Å²) in [6.45, 7) is 4.98. The maximum atomic E-state index is 12.8. The van der Waals surface area contributed by atoms with Crippen LogP contribution in [-0.4, -0.2) is 45.4 Å². The second-order valence-corrected chi connectivity index (χ2v) is 9.22. The van der Waals surface area contributed by atoms with Crippen molar-refractivity contribution in [2.24, 2.45) is 0 Å². The fourth-order valence-electron chi connectivity index (χ4n) is 3.20. The Bertz CT molecular complexity index is 984. The number of esters is 1. The van der Waals surface area contributed by atoms with Gasteiger partial charge in [-0.25, -0.2) is 13.1 Å². The van der Waals surface area contributed by atoms with E-state index >= 15 is 0 Å². The number of unbranched alkanes of at least 4 members (excludes halogenated alkanes) is 1. The van der Waals surface area contributed by atoms with Crippen LogP contribution in [0.5, 0.6) is 5.75 Å². The van der Waals surface area contributed by atoms with Gasteiger partial charge in [0.25, 0.3) is 0 Å². The summed E-state index contributed by atoms with van der Waals surface area (Å²) >= 11 is 0. The molecule has 0 fully saturated rings. The fourth-order valence-corrected chi connectivity index (χ4v) is 4.50. The van der Waals surface area contributed by atoms with E-state index in [0.717, 1.165) is 24.0 Å². The highest BCUT2D eigenvalue weighted by Gasteiger charge is 2.22. The first-order valence-corrected chi connectivity index (χ1v) is 12.7. The van der Waals surface area contributed by atoms with Gasteiger partial charge >= 0.3 is 11.8 Å². The van der Waals surface area contributed by atoms with Gasteiger partial charge in [0.1, 0.15) is 11.9 Å². The molecule has 2 rings (SSSR count). The van der Waals surface area contributed by atoms with E-state index in [-0.39, 0.29) is 17.9 Å². The third-order valence-corrected chi connectivity index (χ3v) is 6.30. The van der Waals surface area contributed by atoms with Crippen LogP contribution in [0.25, 0.3) is 0 Å². The van der Waals surface area contributed by atoms with Gasteiger partial charge in [-0.1, -0.05) is 30.2 Å². The lowest BCUT2D eigenvalue weighted by Gasteiger charge is -2.18. The molecule has 182 valence electrons. The van der Waals surface area contributed by atoms with Crippen LogP contribution >= 0.6 is 0 Å². The van der Waals surface area contributed by atoms with Gasteiger partial charge in [0.15, 0.2) is 0 Å². The maximum Gasteiger partial charge on any atom is 0.313 e. The Morgan fingerprint density at radius 3 is 2.70 bits per heavy atom. The molecule has 1 atom stereocenters. The van der Waals surface area contributed by atoms with Gasteiger partial charge in [-0.15, -0.1) is 0 Å². The molecular formula is C23H34N3O6S+. The van der Waals surface area contributed by atoms with E-state index < -0.39 is 22.0 Å². The van der Waals surface area contributed by atoms with Crippen molar-refractivity contribution in [1.82, 2.24) is 4.72 Å². The third kappa shape index (κ3) is 9.27. The number of nitrogens with one attached hydrogen (secondary N) is 2. The lowest BCUT2D eigenvalue weighted by Crippen LogP contribution is -2.36. The number of aromatic nitrogens is 1. The van der Waals surface area contributed by atoms with Crippen LogP contribution in [0, 0.1) is 0 Å². The Labute approximate surface area is 195 Å². The van der Waals surface area contributed by atoms with Crippen molar-refractivity contribution in [2.75, 3.05) is 25.1 Å². The summed E-state index contributed by atoms with van der Waals surface area (Å²) < 4.78 is 40.0. The number of rotatable bonds is 15. The minimum Gasteiger partial charge on any atom is -0.494 e. The van der Waals surface area contributed by atoms with Crippen LogP contribution in [0.4, 0.5) is 5.82 Å². The van der Waals surface area contributed by atoms with E-state index in [2.05, 4.69) is 10.0 Å². The zero-order valence-electron chi connectivity index (χ0n) is 19.2. The predicted molar refractivity (Wildman–Crippen MR) is 124 cm³/mol. The van der Waals surface area contributed by atoms with Gasteiger partial charge in [-0.05, 0) is 44.4 Å². The van der Waals surface area contributed by atoms with Crippen molar-refractivity contribution in [3.05, 3.63) is 48.7 Å². The van der Waals surface area contributed by atoms with Gasteiger partial charge in [-0.2, -0.15) is 0 Å². The summed E-state index contributed by atoms with van der Waals surface area (Å²) in [4.78, 5) is 11.9. The standard InChI is InChI=1S/C23H33N3O6S/c1-3-10-19(17-23(27)31-4-2)25-33(29,30)21-12-9-11-20(18-21)32-16-8-6-14-24-22-13-5-7-15-26(22)28/h5,7,9,11-13,15,18-19,25,28H,3-4,6,8,10,14,16-17H2,1-2H3/p+1. The molecule has 1 aromatic carbocycles. The minimum atomic E-state index is -3.81. The molecule has 1 heterocycles. The molecule has 2 aromatic rings. The first kappa shape index (κ1) is 26.4. The molecule has 0 amide bonds. The van der Waals surface area contributed by atoms with Gasteiger partial charge < -0.3 is 14.7 Å². The molecule has 0 saturated heterocycles. The van der Waals surface area contributed by atoms with E-state index in [1.807, 2.05) is 13.0 Å². The lowest BCUT2D eigenvalue weighted by atomic mass is 10.1. The van der Waals surface area contributed by atoms with E-state index in [1.54, 1.807) is 37.4 Å².